The van der Waals surface area contributed by atoms with Crippen molar-refractivity contribution in [2.75, 3.05) is 13.7 Å². The molecule has 2 fully saturated rings. The molecule has 0 radical (unpaired) electrons. The minimum atomic E-state index is -0.418. The number of halogens is 2. The maximum Gasteiger partial charge on any atom is 0.340 e. The highest BCUT2D eigenvalue weighted by Gasteiger charge is 2.38. The topological polar surface area (TPSA) is 48.4 Å². The van der Waals surface area contributed by atoms with Crippen LogP contribution in [-0.2, 0) is 16.1 Å². The third-order valence-corrected chi connectivity index (χ3v) is 5.57. The van der Waals surface area contributed by atoms with Gasteiger partial charge in [-0.15, -0.1) is 0 Å². The number of hydrogen-bond donors (Lipinski definition) is 0. The van der Waals surface area contributed by atoms with Crippen LogP contribution in [0.5, 0.6) is 0 Å². The molecule has 28 heavy (non-hydrogen) atoms. The molecule has 1 aromatic heterocycles. The molecule has 148 valence electrons. The van der Waals surface area contributed by atoms with Crippen LogP contribution in [0.1, 0.15) is 71.8 Å². The summed E-state index contributed by atoms with van der Waals surface area (Å²) in [5.74, 6) is -0.200. The molecule has 0 atom stereocenters. The van der Waals surface area contributed by atoms with Crippen LogP contribution in [0.2, 0.25) is 5.02 Å². The van der Waals surface area contributed by atoms with Crippen molar-refractivity contribution in [3.63, 3.8) is 0 Å². The second-order valence-electron chi connectivity index (χ2n) is 7.44. The van der Waals surface area contributed by atoms with E-state index in [9.17, 15) is 9.18 Å². The maximum absolute atomic E-state index is 13.7. The van der Waals surface area contributed by atoms with Gasteiger partial charge in [-0.25, -0.2) is 9.18 Å². The third-order valence-electron chi connectivity index (χ3n) is 5.25. The molecule has 1 aromatic carbocycles. The van der Waals surface area contributed by atoms with Crippen molar-refractivity contribution >= 4 is 17.6 Å². The quantitative estimate of drug-likeness (QED) is 0.563. The number of ether oxygens (including phenoxy) is 2. The molecule has 0 bridgehead atoms. The van der Waals surface area contributed by atoms with Gasteiger partial charge in [0.15, 0.2) is 0 Å². The Balaban J connectivity index is 2.04. The maximum atomic E-state index is 13.7. The number of benzene rings is 1. The number of pyridine rings is 1. The van der Waals surface area contributed by atoms with Gasteiger partial charge >= 0.3 is 5.97 Å². The molecule has 2 saturated carbocycles. The highest BCUT2D eigenvalue weighted by molar-refractivity contribution is 6.33. The monoisotopic (exact) mass is 403 g/mol. The van der Waals surface area contributed by atoms with Crippen LogP contribution < -0.4 is 0 Å². The normalized spacial score (nSPS) is 16.3. The van der Waals surface area contributed by atoms with Crippen LogP contribution >= 0.6 is 11.6 Å². The molecule has 0 saturated heterocycles. The molecular formula is C22H23ClFNO3. The average Bonchev–Trinajstić information content (AvgIpc) is 3.55. The van der Waals surface area contributed by atoms with Crippen molar-refractivity contribution < 1.29 is 18.7 Å². The fraction of sp³-hybridized carbons (Fsp3) is 0.455. The molecule has 4 rings (SSSR count). The number of aromatic nitrogens is 1. The number of methoxy groups -OCH3 is 1. The van der Waals surface area contributed by atoms with Crippen molar-refractivity contribution in [2.45, 2.75) is 51.0 Å². The summed E-state index contributed by atoms with van der Waals surface area (Å²) in [7, 11) is 1.62. The Morgan fingerprint density at radius 1 is 1.21 bits per heavy atom. The van der Waals surface area contributed by atoms with E-state index in [1.165, 1.54) is 12.1 Å². The number of esters is 1. The first-order chi connectivity index (χ1) is 13.5. The van der Waals surface area contributed by atoms with Gasteiger partial charge in [-0.3, -0.25) is 4.98 Å². The molecule has 2 aliphatic rings. The van der Waals surface area contributed by atoms with Crippen LogP contribution in [0.4, 0.5) is 4.39 Å². The van der Waals surface area contributed by atoms with Gasteiger partial charge < -0.3 is 9.47 Å². The van der Waals surface area contributed by atoms with E-state index in [4.69, 9.17) is 26.1 Å². The summed E-state index contributed by atoms with van der Waals surface area (Å²) in [5, 5.41) is 0.262. The van der Waals surface area contributed by atoms with Gasteiger partial charge in [-0.2, -0.15) is 0 Å². The molecular weight excluding hydrogens is 381 g/mol. The molecule has 4 nitrogen and oxygen atoms in total. The molecule has 0 unspecified atom stereocenters. The van der Waals surface area contributed by atoms with E-state index >= 15 is 0 Å². The predicted octanol–water partition coefficient (Wildman–Crippen LogP) is 5.62. The molecule has 0 spiro atoms. The summed E-state index contributed by atoms with van der Waals surface area (Å²) in [5.41, 5.74) is 4.37. The van der Waals surface area contributed by atoms with Crippen molar-refractivity contribution in [1.82, 2.24) is 4.98 Å². The molecule has 6 heteroatoms. The van der Waals surface area contributed by atoms with Gasteiger partial charge in [0.1, 0.15) is 5.82 Å². The minimum absolute atomic E-state index is 0.256. The second kappa shape index (κ2) is 7.80. The SMILES string of the molecule is CCOC(=O)c1c(C2CC2)nc(C2CC2)c(COC)c1-c1ccc(F)cc1Cl. The van der Waals surface area contributed by atoms with Crippen molar-refractivity contribution in [1.29, 1.82) is 0 Å². The van der Waals surface area contributed by atoms with Gasteiger partial charge in [0.2, 0.25) is 0 Å². The van der Waals surface area contributed by atoms with Gasteiger partial charge in [-0.05, 0) is 50.8 Å². The number of hydrogen-bond acceptors (Lipinski definition) is 4. The number of rotatable bonds is 7. The molecule has 2 aliphatic carbocycles. The van der Waals surface area contributed by atoms with Crippen LogP contribution in [0, 0.1) is 5.82 Å². The number of carbonyl (C=O) groups is 1. The van der Waals surface area contributed by atoms with Gasteiger partial charge in [0.05, 0.1) is 29.5 Å². The largest absolute Gasteiger partial charge is 0.462 e. The zero-order chi connectivity index (χ0) is 19.8. The minimum Gasteiger partial charge on any atom is -0.462 e. The van der Waals surface area contributed by atoms with Crippen molar-refractivity contribution in [3.05, 3.63) is 51.6 Å². The summed E-state index contributed by atoms with van der Waals surface area (Å²) in [4.78, 5) is 18.0. The summed E-state index contributed by atoms with van der Waals surface area (Å²) in [6, 6.07) is 4.26. The Hall–Kier alpha value is -1.98. The standard InChI is InChI=1S/C22H23ClFNO3/c1-3-28-22(26)19-18(15-9-8-14(24)10-17(15)23)16(11-27-2)20(12-4-5-12)25-21(19)13-6-7-13/h8-10,12-13H,3-7,11H2,1-2H3. The first-order valence-electron chi connectivity index (χ1n) is 9.73. The van der Waals surface area contributed by atoms with Crippen LogP contribution in [0.3, 0.4) is 0 Å². The zero-order valence-corrected chi connectivity index (χ0v) is 16.8. The van der Waals surface area contributed by atoms with Gasteiger partial charge in [0, 0.05) is 41.3 Å². The van der Waals surface area contributed by atoms with Crippen molar-refractivity contribution in [2.24, 2.45) is 0 Å². The lowest BCUT2D eigenvalue weighted by molar-refractivity contribution is 0.0525. The Kier molecular flexibility index (Phi) is 5.39. The van der Waals surface area contributed by atoms with E-state index in [0.717, 1.165) is 42.6 Å². The lowest BCUT2D eigenvalue weighted by Gasteiger charge is -2.21. The van der Waals surface area contributed by atoms with Crippen LogP contribution in [-0.4, -0.2) is 24.7 Å². The van der Waals surface area contributed by atoms with E-state index in [0.29, 0.717) is 29.2 Å². The predicted molar refractivity (Wildman–Crippen MR) is 105 cm³/mol. The second-order valence-corrected chi connectivity index (χ2v) is 7.84. The molecule has 0 aliphatic heterocycles. The smallest absolute Gasteiger partial charge is 0.340 e. The summed E-state index contributed by atoms with van der Waals surface area (Å²) in [6.45, 7) is 2.35. The number of nitrogens with zero attached hydrogens (tertiary/aromatic N) is 1. The highest BCUT2D eigenvalue weighted by atomic mass is 35.5. The Labute approximate surface area is 169 Å². The van der Waals surface area contributed by atoms with E-state index in [1.54, 1.807) is 20.1 Å². The van der Waals surface area contributed by atoms with E-state index in [-0.39, 0.29) is 17.5 Å². The summed E-state index contributed by atoms with van der Waals surface area (Å²) < 4.78 is 24.6. The Bertz CT molecular complexity index is 922. The summed E-state index contributed by atoms with van der Waals surface area (Å²) >= 11 is 6.43. The lowest BCUT2D eigenvalue weighted by Crippen LogP contribution is -2.16. The summed E-state index contributed by atoms with van der Waals surface area (Å²) in [6.07, 6.45) is 4.15. The Morgan fingerprint density at radius 3 is 2.46 bits per heavy atom. The molecule has 0 amide bonds. The zero-order valence-electron chi connectivity index (χ0n) is 16.1. The molecule has 0 N–H and O–H groups in total. The Morgan fingerprint density at radius 2 is 1.89 bits per heavy atom. The van der Waals surface area contributed by atoms with E-state index in [2.05, 4.69) is 0 Å². The lowest BCUT2D eigenvalue weighted by atomic mass is 9.90. The van der Waals surface area contributed by atoms with Crippen LogP contribution in [0.15, 0.2) is 18.2 Å². The first kappa shape index (κ1) is 19.3. The average molecular weight is 404 g/mol. The fourth-order valence-corrected chi connectivity index (χ4v) is 3.96. The molecule has 1 heterocycles. The van der Waals surface area contributed by atoms with Gasteiger partial charge in [0.25, 0.3) is 0 Å². The van der Waals surface area contributed by atoms with Crippen molar-refractivity contribution in [3.8, 4) is 11.1 Å². The fourth-order valence-electron chi connectivity index (χ4n) is 3.70. The van der Waals surface area contributed by atoms with E-state index < -0.39 is 11.8 Å². The number of carbonyl (C=O) groups excluding carboxylic acids is 1. The molecule has 2 aromatic rings. The highest BCUT2D eigenvalue weighted by Crippen LogP contribution is 2.49. The first-order valence-corrected chi connectivity index (χ1v) is 10.1. The van der Waals surface area contributed by atoms with Gasteiger partial charge in [-0.1, -0.05) is 11.6 Å². The third kappa shape index (κ3) is 3.65. The van der Waals surface area contributed by atoms with Crippen LogP contribution in [0.25, 0.3) is 11.1 Å². The van der Waals surface area contributed by atoms with E-state index in [1.807, 2.05) is 0 Å².